The highest BCUT2D eigenvalue weighted by Gasteiger charge is 1.89. The van der Waals surface area contributed by atoms with Crippen molar-refractivity contribution in [3.63, 3.8) is 0 Å². The van der Waals surface area contributed by atoms with Crippen molar-refractivity contribution in [2.24, 2.45) is 12.2 Å². The lowest BCUT2D eigenvalue weighted by atomic mass is 10.7. The minimum absolute atomic E-state index is 0.993. The molecule has 44 valence electrons. The molecule has 0 amide bonds. The maximum atomic E-state index is 5.23. The van der Waals surface area contributed by atoms with E-state index in [1.54, 1.807) is 10.9 Å². The monoisotopic (exact) mass is 129 g/mol. The summed E-state index contributed by atoms with van der Waals surface area (Å²) < 4.78 is 1.72. The SMILES string of the molecule is Cn1cc(SN)cn1. The van der Waals surface area contributed by atoms with Crippen LogP contribution in [-0.2, 0) is 7.05 Å². The van der Waals surface area contributed by atoms with E-state index in [1.165, 1.54) is 11.9 Å². The maximum Gasteiger partial charge on any atom is 0.0638 e. The molecule has 2 N–H and O–H groups in total. The molecule has 3 nitrogen and oxygen atoms in total. The Hall–Kier alpha value is -0.480. The molecule has 1 aromatic rings. The fraction of sp³-hybridized carbons (Fsp3) is 0.250. The number of aryl methyl sites for hydroxylation is 1. The largest absolute Gasteiger partial charge is 0.275 e. The van der Waals surface area contributed by atoms with E-state index >= 15 is 0 Å². The molecule has 1 rings (SSSR count). The Morgan fingerprint density at radius 2 is 2.62 bits per heavy atom. The maximum absolute atomic E-state index is 5.23. The molecule has 0 radical (unpaired) electrons. The van der Waals surface area contributed by atoms with Gasteiger partial charge >= 0.3 is 0 Å². The molecule has 0 aliphatic rings. The molecule has 8 heavy (non-hydrogen) atoms. The van der Waals surface area contributed by atoms with Gasteiger partial charge in [-0.3, -0.25) is 9.82 Å². The minimum atomic E-state index is 0.993. The second kappa shape index (κ2) is 2.19. The van der Waals surface area contributed by atoms with E-state index in [0.717, 1.165) is 4.90 Å². The van der Waals surface area contributed by atoms with Crippen LogP contribution >= 0.6 is 11.9 Å². The van der Waals surface area contributed by atoms with E-state index in [9.17, 15) is 0 Å². The normalized spacial score (nSPS) is 9.75. The predicted molar refractivity (Wildman–Crippen MR) is 33.3 cm³/mol. The van der Waals surface area contributed by atoms with Gasteiger partial charge in [0.05, 0.1) is 11.1 Å². The molecule has 0 aliphatic heterocycles. The Morgan fingerprint density at radius 3 is 2.88 bits per heavy atom. The third-order valence-corrected chi connectivity index (χ3v) is 1.30. The quantitative estimate of drug-likeness (QED) is 0.558. The highest BCUT2D eigenvalue weighted by Crippen LogP contribution is 2.06. The van der Waals surface area contributed by atoms with Gasteiger partial charge in [0, 0.05) is 13.2 Å². The number of nitrogens with two attached hydrogens (primary N) is 1. The fourth-order valence-corrected chi connectivity index (χ4v) is 0.781. The first-order chi connectivity index (χ1) is 3.83. The lowest BCUT2D eigenvalue weighted by molar-refractivity contribution is 0.766. The summed E-state index contributed by atoms with van der Waals surface area (Å²) in [6, 6.07) is 0. The molecule has 0 aromatic carbocycles. The summed E-state index contributed by atoms with van der Waals surface area (Å²) in [5, 5.41) is 9.13. The Labute approximate surface area is 52.0 Å². The first-order valence-electron chi connectivity index (χ1n) is 2.18. The molecule has 0 saturated heterocycles. The first-order valence-corrected chi connectivity index (χ1v) is 3.06. The van der Waals surface area contributed by atoms with Crippen LogP contribution < -0.4 is 5.14 Å². The van der Waals surface area contributed by atoms with Crippen LogP contribution in [0.25, 0.3) is 0 Å². The van der Waals surface area contributed by atoms with E-state index in [4.69, 9.17) is 5.14 Å². The molecular formula is C4H7N3S. The van der Waals surface area contributed by atoms with Crippen molar-refractivity contribution in [1.29, 1.82) is 0 Å². The average Bonchev–Trinajstić information content (AvgIpc) is 2.14. The number of aromatic nitrogens is 2. The average molecular weight is 129 g/mol. The Morgan fingerprint density at radius 1 is 1.88 bits per heavy atom. The van der Waals surface area contributed by atoms with Gasteiger partial charge in [0.25, 0.3) is 0 Å². The zero-order valence-electron chi connectivity index (χ0n) is 4.53. The van der Waals surface area contributed by atoms with Gasteiger partial charge in [-0.05, 0) is 11.9 Å². The molecule has 4 heteroatoms. The van der Waals surface area contributed by atoms with Gasteiger partial charge < -0.3 is 0 Å². The van der Waals surface area contributed by atoms with Crippen LogP contribution in [0.3, 0.4) is 0 Å². The molecule has 0 unspecified atom stereocenters. The van der Waals surface area contributed by atoms with Crippen LogP contribution in [0.5, 0.6) is 0 Å². The predicted octanol–water partition coefficient (Wildman–Crippen LogP) is 0.386. The van der Waals surface area contributed by atoms with Crippen molar-refractivity contribution in [3.8, 4) is 0 Å². The number of hydrogen-bond donors (Lipinski definition) is 1. The van der Waals surface area contributed by atoms with Crippen LogP contribution in [0.1, 0.15) is 0 Å². The van der Waals surface area contributed by atoms with Crippen LogP contribution in [0.15, 0.2) is 17.3 Å². The van der Waals surface area contributed by atoms with Gasteiger partial charge in [-0.1, -0.05) is 0 Å². The van der Waals surface area contributed by atoms with Gasteiger partial charge in [-0.15, -0.1) is 0 Å². The topological polar surface area (TPSA) is 43.8 Å². The van der Waals surface area contributed by atoms with Crippen molar-refractivity contribution in [3.05, 3.63) is 12.4 Å². The van der Waals surface area contributed by atoms with Gasteiger partial charge in [-0.25, -0.2) is 0 Å². The lowest BCUT2D eigenvalue weighted by Crippen LogP contribution is -1.84. The van der Waals surface area contributed by atoms with E-state index in [2.05, 4.69) is 5.10 Å². The van der Waals surface area contributed by atoms with Crippen LogP contribution in [0.4, 0.5) is 0 Å². The third-order valence-electron chi connectivity index (χ3n) is 0.817. The highest BCUT2D eigenvalue weighted by atomic mass is 32.2. The molecule has 0 fully saturated rings. The van der Waals surface area contributed by atoms with Crippen LogP contribution in [0.2, 0.25) is 0 Å². The fourth-order valence-electron chi connectivity index (χ4n) is 0.460. The molecule has 1 aromatic heterocycles. The second-order valence-electron chi connectivity index (χ2n) is 1.47. The van der Waals surface area contributed by atoms with E-state index in [-0.39, 0.29) is 0 Å². The molecule has 0 aliphatic carbocycles. The molecule has 0 saturated carbocycles. The summed E-state index contributed by atoms with van der Waals surface area (Å²) in [6.07, 6.45) is 3.59. The van der Waals surface area contributed by atoms with Gasteiger partial charge in [0.1, 0.15) is 0 Å². The second-order valence-corrected chi connectivity index (χ2v) is 2.17. The summed E-state index contributed by atoms with van der Waals surface area (Å²) in [7, 11) is 1.86. The van der Waals surface area contributed by atoms with Crippen molar-refractivity contribution in [1.82, 2.24) is 9.78 Å². The highest BCUT2D eigenvalue weighted by molar-refractivity contribution is 7.97. The van der Waals surface area contributed by atoms with E-state index in [1.807, 2.05) is 13.2 Å². The summed E-state index contributed by atoms with van der Waals surface area (Å²) in [6.45, 7) is 0. The summed E-state index contributed by atoms with van der Waals surface area (Å²) in [4.78, 5) is 0.993. The number of hydrogen-bond acceptors (Lipinski definition) is 3. The van der Waals surface area contributed by atoms with Crippen molar-refractivity contribution in [2.75, 3.05) is 0 Å². The van der Waals surface area contributed by atoms with Gasteiger partial charge in [-0.2, -0.15) is 5.10 Å². The van der Waals surface area contributed by atoms with Crippen LogP contribution in [0, 0.1) is 0 Å². The number of nitrogens with zero attached hydrogens (tertiary/aromatic N) is 2. The number of rotatable bonds is 1. The Balaban J connectivity index is 2.84. The van der Waals surface area contributed by atoms with E-state index in [0.29, 0.717) is 0 Å². The molecule has 1 heterocycles. The Kier molecular flexibility index (Phi) is 1.55. The molecule has 0 spiro atoms. The van der Waals surface area contributed by atoms with Crippen molar-refractivity contribution < 1.29 is 0 Å². The summed E-state index contributed by atoms with van der Waals surface area (Å²) in [5.41, 5.74) is 0. The molecule has 0 bridgehead atoms. The van der Waals surface area contributed by atoms with E-state index < -0.39 is 0 Å². The van der Waals surface area contributed by atoms with Crippen molar-refractivity contribution in [2.45, 2.75) is 4.90 Å². The first kappa shape index (κ1) is 5.65. The molecular weight excluding hydrogens is 122 g/mol. The zero-order valence-corrected chi connectivity index (χ0v) is 5.35. The standard InChI is InChI=1S/C4H7N3S/c1-7-3-4(8-5)2-6-7/h2-3H,5H2,1H3. The minimum Gasteiger partial charge on any atom is -0.275 e. The smallest absolute Gasteiger partial charge is 0.0638 e. The van der Waals surface area contributed by atoms with Crippen molar-refractivity contribution >= 4 is 11.9 Å². The summed E-state index contributed by atoms with van der Waals surface area (Å²) in [5.74, 6) is 0. The van der Waals surface area contributed by atoms with Gasteiger partial charge in [0.15, 0.2) is 0 Å². The third kappa shape index (κ3) is 1.02. The summed E-state index contributed by atoms with van der Waals surface area (Å²) >= 11 is 1.21. The lowest BCUT2D eigenvalue weighted by Gasteiger charge is -1.81. The van der Waals surface area contributed by atoms with Gasteiger partial charge in [0.2, 0.25) is 0 Å². The zero-order chi connectivity index (χ0) is 5.98. The Bertz CT molecular complexity index is 172. The van der Waals surface area contributed by atoms with Crippen LogP contribution in [-0.4, -0.2) is 9.78 Å². The molecule has 0 atom stereocenters.